The third-order valence-corrected chi connectivity index (χ3v) is 2.45. The smallest absolute Gasteiger partial charge is 0.166 e. The topological polar surface area (TPSA) is 39.8 Å². The number of imidazole rings is 1. The molecule has 0 aliphatic carbocycles. The second-order valence-electron chi connectivity index (χ2n) is 3.35. The summed E-state index contributed by atoms with van der Waals surface area (Å²) in [6.07, 6.45) is 6.32. The summed E-state index contributed by atoms with van der Waals surface area (Å²) in [5.41, 5.74) is 1.85. The molecule has 0 spiro atoms. The summed E-state index contributed by atoms with van der Waals surface area (Å²) in [6.45, 7) is 3.59. The molecule has 4 nitrogen and oxygen atoms in total. The minimum Gasteiger partial charge on any atom is -0.341 e. The largest absolute Gasteiger partial charge is 0.341 e. The van der Waals surface area contributed by atoms with Crippen molar-refractivity contribution in [2.24, 2.45) is 0 Å². The van der Waals surface area contributed by atoms with Crippen LogP contribution in [0.5, 0.6) is 0 Å². The highest BCUT2D eigenvalue weighted by Gasteiger charge is 2.05. The maximum atomic E-state index is 10.8. The van der Waals surface area contributed by atoms with Crippen LogP contribution in [0.2, 0.25) is 0 Å². The van der Waals surface area contributed by atoms with Crippen molar-refractivity contribution in [3.8, 4) is 0 Å². The number of rotatable bonds is 4. The molecule has 0 saturated heterocycles. The lowest BCUT2D eigenvalue weighted by Crippen LogP contribution is -2.07. The fraction of sp³-hybridized carbons (Fsp3) is 0.273. The number of carbonyl (C=O) groups excluding carboxylic acids is 1. The summed E-state index contributed by atoms with van der Waals surface area (Å²) in [4.78, 5) is 14.7. The molecule has 4 heteroatoms. The molecule has 78 valence electrons. The highest BCUT2D eigenvalue weighted by atomic mass is 16.1. The van der Waals surface area contributed by atoms with Crippen LogP contribution in [0.1, 0.15) is 23.1 Å². The molecule has 15 heavy (non-hydrogen) atoms. The van der Waals surface area contributed by atoms with Crippen molar-refractivity contribution in [1.82, 2.24) is 14.1 Å². The number of carbonyl (C=O) groups is 1. The Kier molecular flexibility index (Phi) is 2.67. The van der Waals surface area contributed by atoms with Gasteiger partial charge in [0.15, 0.2) is 6.29 Å². The van der Waals surface area contributed by atoms with Crippen molar-refractivity contribution in [1.29, 1.82) is 0 Å². The first-order valence-electron chi connectivity index (χ1n) is 4.94. The summed E-state index contributed by atoms with van der Waals surface area (Å²) >= 11 is 0. The minimum atomic E-state index is 0.729. The van der Waals surface area contributed by atoms with Crippen LogP contribution in [0.3, 0.4) is 0 Å². The number of aldehydes is 1. The molecule has 0 N–H and O–H groups in total. The van der Waals surface area contributed by atoms with Crippen LogP contribution in [0.25, 0.3) is 0 Å². The van der Waals surface area contributed by atoms with E-state index < -0.39 is 0 Å². The highest BCUT2D eigenvalue weighted by Crippen LogP contribution is 2.09. The SMILES string of the molecule is CCn1c(C=O)ccc1Cn1ccnc1. The molecule has 2 heterocycles. The molecule has 2 rings (SSSR count). The van der Waals surface area contributed by atoms with Crippen molar-refractivity contribution in [3.63, 3.8) is 0 Å². The van der Waals surface area contributed by atoms with E-state index in [9.17, 15) is 4.79 Å². The molecule has 0 bridgehead atoms. The molecule has 0 atom stereocenters. The van der Waals surface area contributed by atoms with Gasteiger partial charge in [0.1, 0.15) is 0 Å². The van der Waals surface area contributed by atoms with Crippen LogP contribution in [0, 0.1) is 0 Å². The minimum absolute atomic E-state index is 0.729. The van der Waals surface area contributed by atoms with Gasteiger partial charge in [-0.1, -0.05) is 0 Å². The predicted molar refractivity (Wildman–Crippen MR) is 56.8 cm³/mol. The summed E-state index contributed by atoms with van der Waals surface area (Å²) in [5.74, 6) is 0. The Labute approximate surface area is 88.2 Å². The molecule has 2 aromatic heterocycles. The summed E-state index contributed by atoms with van der Waals surface area (Å²) in [5, 5.41) is 0. The first kappa shape index (κ1) is 9.71. The van der Waals surface area contributed by atoms with Crippen LogP contribution >= 0.6 is 0 Å². The van der Waals surface area contributed by atoms with E-state index in [-0.39, 0.29) is 0 Å². The maximum Gasteiger partial charge on any atom is 0.166 e. The Balaban J connectivity index is 2.28. The van der Waals surface area contributed by atoms with Crippen LogP contribution in [-0.4, -0.2) is 20.4 Å². The molecule has 0 aliphatic heterocycles. The van der Waals surface area contributed by atoms with Gasteiger partial charge in [-0.05, 0) is 19.1 Å². The second-order valence-corrected chi connectivity index (χ2v) is 3.35. The predicted octanol–water partition coefficient (Wildman–Crippen LogP) is 1.57. The van der Waals surface area contributed by atoms with Crippen molar-refractivity contribution in [2.75, 3.05) is 0 Å². The normalized spacial score (nSPS) is 10.5. The lowest BCUT2D eigenvalue weighted by atomic mass is 10.4. The van der Waals surface area contributed by atoms with Gasteiger partial charge in [-0.15, -0.1) is 0 Å². The molecule has 0 saturated carbocycles. The van der Waals surface area contributed by atoms with Gasteiger partial charge < -0.3 is 9.13 Å². The highest BCUT2D eigenvalue weighted by molar-refractivity contribution is 5.72. The zero-order valence-corrected chi connectivity index (χ0v) is 8.63. The maximum absolute atomic E-state index is 10.8. The summed E-state index contributed by atoms with van der Waals surface area (Å²) in [6, 6.07) is 3.83. The first-order valence-corrected chi connectivity index (χ1v) is 4.94. The van der Waals surface area contributed by atoms with Crippen LogP contribution in [0.4, 0.5) is 0 Å². The number of nitrogens with zero attached hydrogens (tertiary/aromatic N) is 3. The summed E-state index contributed by atoms with van der Waals surface area (Å²) < 4.78 is 3.99. The molecular formula is C11H13N3O. The standard InChI is InChI=1S/C11H13N3O/c1-2-14-10(3-4-11(14)8-15)7-13-6-5-12-9-13/h3-6,8-9H,2,7H2,1H3. The zero-order chi connectivity index (χ0) is 10.7. The van der Waals surface area contributed by atoms with Gasteiger partial charge in [0, 0.05) is 24.6 Å². The van der Waals surface area contributed by atoms with Gasteiger partial charge in [0.2, 0.25) is 0 Å². The van der Waals surface area contributed by atoms with Crippen LogP contribution < -0.4 is 0 Å². The van der Waals surface area contributed by atoms with Gasteiger partial charge in [0.05, 0.1) is 18.6 Å². The monoisotopic (exact) mass is 203 g/mol. The first-order chi connectivity index (χ1) is 7.35. The Hall–Kier alpha value is -1.84. The molecule has 0 aliphatic rings. The van der Waals surface area contributed by atoms with Crippen LogP contribution in [-0.2, 0) is 13.1 Å². The third-order valence-electron chi connectivity index (χ3n) is 2.45. The fourth-order valence-electron chi connectivity index (χ4n) is 1.72. The fourth-order valence-corrected chi connectivity index (χ4v) is 1.72. The molecule has 2 aromatic rings. The lowest BCUT2D eigenvalue weighted by Gasteiger charge is -2.08. The average Bonchev–Trinajstić information content (AvgIpc) is 2.87. The van der Waals surface area contributed by atoms with Crippen molar-refractivity contribution in [3.05, 3.63) is 42.2 Å². The molecule has 0 amide bonds. The third kappa shape index (κ3) is 1.83. The Morgan fingerprint density at radius 1 is 1.47 bits per heavy atom. The van der Waals surface area contributed by atoms with E-state index in [4.69, 9.17) is 0 Å². The van der Waals surface area contributed by atoms with Gasteiger partial charge >= 0.3 is 0 Å². The number of aromatic nitrogens is 3. The van der Waals surface area contributed by atoms with E-state index in [2.05, 4.69) is 4.98 Å². The molecule has 0 unspecified atom stereocenters. The zero-order valence-electron chi connectivity index (χ0n) is 8.63. The lowest BCUT2D eigenvalue weighted by molar-refractivity contribution is 0.111. The summed E-state index contributed by atoms with van der Waals surface area (Å²) in [7, 11) is 0. The van der Waals surface area contributed by atoms with Crippen molar-refractivity contribution in [2.45, 2.75) is 20.0 Å². The van der Waals surface area contributed by atoms with Crippen LogP contribution in [0.15, 0.2) is 30.9 Å². The molecule has 0 radical (unpaired) electrons. The second kappa shape index (κ2) is 4.13. The quantitative estimate of drug-likeness (QED) is 0.707. The number of hydrogen-bond donors (Lipinski definition) is 0. The van der Waals surface area contributed by atoms with E-state index in [1.807, 2.05) is 34.4 Å². The van der Waals surface area contributed by atoms with E-state index in [0.717, 1.165) is 30.8 Å². The van der Waals surface area contributed by atoms with Gasteiger partial charge in [-0.2, -0.15) is 0 Å². The van der Waals surface area contributed by atoms with Gasteiger partial charge in [-0.3, -0.25) is 4.79 Å². The van der Waals surface area contributed by atoms with E-state index >= 15 is 0 Å². The Bertz CT molecular complexity index is 442. The molecular weight excluding hydrogens is 190 g/mol. The number of hydrogen-bond acceptors (Lipinski definition) is 2. The van der Waals surface area contributed by atoms with Crippen molar-refractivity contribution >= 4 is 6.29 Å². The molecule has 0 aromatic carbocycles. The van der Waals surface area contributed by atoms with E-state index in [1.165, 1.54) is 0 Å². The van der Waals surface area contributed by atoms with E-state index in [1.54, 1.807) is 12.5 Å². The van der Waals surface area contributed by atoms with Gasteiger partial charge in [-0.25, -0.2) is 4.98 Å². The average molecular weight is 203 g/mol. The Morgan fingerprint density at radius 2 is 2.33 bits per heavy atom. The van der Waals surface area contributed by atoms with Crippen molar-refractivity contribution < 1.29 is 4.79 Å². The van der Waals surface area contributed by atoms with E-state index in [0.29, 0.717) is 0 Å². The molecule has 0 fully saturated rings. The Morgan fingerprint density at radius 3 is 2.93 bits per heavy atom. The van der Waals surface area contributed by atoms with Gasteiger partial charge in [0.25, 0.3) is 0 Å².